The second-order valence-corrected chi connectivity index (χ2v) is 5.95. The zero-order chi connectivity index (χ0) is 14.8. The molecule has 0 amide bonds. The van der Waals surface area contributed by atoms with Crippen molar-refractivity contribution in [1.29, 1.82) is 0 Å². The molecule has 0 saturated heterocycles. The van der Waals surface area contributed by atoms with Crippen molar-refractivity contribution in [3.05, 3.63) is 31.1 Å². The number of hydrogen-bond donors (Lipinski definition) is 2. The maximum atomic E-state index is 9.25. The quantitative estimate of drug-likeness (QED) is 0.497. The lowest BCUT2D eigenvalue weighted by atomic mass is 10.1. The second kappa shape index (κ2) is 5.87. The number of nitrogens with two attached hydrogens (primary N) is 1. The normalized spacial score (nSPS) is 21.2. The first-order valence-electron chi connectivity index (χ1n) is 6.76. The molecule has 0 spiro atoms. The minimum absolute atomic E-state index is 0.152. The second-order valence-electron chi connectivity index (χ2n) is 4.94. The molecule has 2 heterocycles. The highest BCUT2D eigenvalue weighted by Crippen LogP contribution is 2.32. The van der Waals surface area contributed by atoms with E-state index in [9.17, 15) is 5.11 Å². The van der Waals surface area contributed by atoms with Crippen LogP contribution >= 0.6 is 11.8 Å². The SMILES string of the molecule is C=CCSc1nc(N)nc2c1ncn2C1C=C[C@@H](CO)C1. The van der Waals surface area contributed by atoms with Crippen molar-refractivity contribution >= 4 is 28.9 Å². The van der Waals surface area contributed by atoms with Gasteiger partial charge in [0, 0.05) is 18.3 Å². The Balaban J connectivity index is 2.00. The summed E-state index contributed by atoms with van der Waals surface area (Å²) in [5.74, 6) is 1.19. The molecular weight excluding hydrogens is 286 g/mol. The minimum atomic E-state index is 0.152. The smallest absolute Gasteiger partial charge is 0.223 e. The predicted octanol–water partition coefficient (Wildman–Crippen LogP) is 1.80. The highest BCUT2D eigenvalue weighted by molar-refractivity contribution is 7.99. The molecule has 1 unspecified atom stereocenters. The van der Waals surface area contributed by atoms with E-state index >= 15 is 0 Å². The van der Waals surface area contributed by atoms with Gasteiger partial charge in [0.05, 0.1) is 12.4 Å². The third-order valence-corrected chi connectivity index (χ3v) is 4.45. The number of thioether (sulfide) groups is 1. The van der Waals surface area contributed by atoms with Gasteiger partial charge in [0.2, 0.25) is 5.95 Å². The lowest BCUT2D eigenvalue weighted by Crippen LogP contribution is -2.08. The van der Waals surface area contributed by atoms with Crippen LogP contribution in [0, 0.1) is 5.92 Å². The predicted molar refractivity (Wildman–Crippen MR) is 84.0 cm³/mol. The molecule has 2 atom stereocenters. The summed E-state index contributed by atoms with van der Waals surface area (Å²) in [5.41, 5.74) is 7.32. The van der Waals surface area contributed by atoms with E-state index in [1.165, 1.54) is 0 Å². The molecule has 0 fully saturated rings. The molecule has 2 aromatic rings. The molecule has 0 aliphatic heterocycles. The van der Waals surface area contributed by atoms with E-state index in [0.717, 1.165) is 28.4 Å². The maximum Gasteiger partial charge on any atom is 0.223 e. The summed E-state index contributed by atoms with van der Waals surface area (Å²) in [5, 5.41) is 10.0. The van der Waals surface area contributed by atoms with E-state index in [1.807, 2.05) is 16.7 Å². The summed E-state index contributed by atoms with van der Waals surface area (Å²) in [6, 6.07) is 0.152. The van der Waals surface area contributed by atoms with Gasteiger partial charge in [-0.1, -0.05) is 30.0 Å². The van der Waals surface area contributed by atoms with Gasteiger partial charge in [-0.3, -0.25) is 0 Å². The zero-order valence-electron chi connectivity index (χ0n) is 11.5. The van der Waals surface area contributed by atoms with E-state index in [-0.39, 0.29) is 24.5 Å². The molecule has 2 aromatic heterocycles. The fourth-order valence-corrected chi connectivity index (χ4v) is 3.20. The Hall–Kier alpha value is -1.86. The molecule has 110 valence electrons. The van der Waals surface area contributed by atoms with Gasteiger partial charge in [-0.25, -0.2) is 9.97 Å². The van der Waals surface area contributed by atoms with Crippen LogP contribution in [0.4, 0.5) is 5.95 Å². The molecule has 21 heavy (non-hydrogen) atoms. The van der Waals surface area contributed by atoms with Gasteiger partial charge in [-0.05, 0) is 6.42 Å². The molecule has 7 heteroatoms. The Morgan fingerprint density at radius 1 is 1.48 bits per heavy atom. The molecular formula is C14H17N5OS. The third-order valence-electron chi connectivity index (χ3n) is 3.49. The Labute approximate surface area is 126 Å². The van der Waals surface area contributed by atoms with Gasteiger partial charge in [0.15, 0.2) is 5.65 Å². The largest absolute Gasteiger partial charge is 0.396 e. The number of nitrogens with zero attached hydrogens (tertiary/aromatic N) is 4. The number of imidazole rings is 1. The molecule has 3 rings (SSSR count). The van der Waals surface area contributed by atoms with Crippen LogP contribution in [0.5, 0.6) is 0 Å². The van der Waals surface area contributed by atoms with Gasteiger partial charge in [0.25, 0.3) is 0 Å². The lowest BCUT2D eigenvalue weighted by molar-refractivity contribution is 0.244. The first-order chi connectivity index (χ1) is 10.2. The summed E-state index contributed by atoms with van der Waals surface area (Å²) >= 11 is 1.54. The maximum absolute atomic E-state index is 9.25. The van der Waals surface area contributed by atoms with Crippen molar-refractivity contribution < 1.29 is 5.11 Å². The van der Waals surface area contributed by atoms with Crippen LogP contribution in [0.2, 0.25) is 0 Å². The van der Waals surface area contributed by atoms with Crippen LogP contribution in [0.25, 0.3) is 11.2 Å². The Kier molecular flexibility index (Phi) is 3.94. The van der Waals surface area contributed by atoms with Crippen LogP contribution in [0.3, 0.4) is 0 Å². The Bertz CT molecular complexity index is 696. The highest BCUT2D eigenvalue weighted by Gasteiger charge is 2.23. The summed E-state index contributed by atoms with van der Waals surface area (Å²) < 4.78 is 2.00. The minimum Gasteiger partial charge on any atom is -0.396 e. The Morgan fingerprint density at radius 2 is 2.33 bits per heavy atom. The standard InChI is InChI=1S/C14H17N5OS/c1-2-5-21-13-11-12(17-14(15)18-13)19(8-16-11)10-4-3-9(6-10)7-20/h2-4,8-10,20H,1,5-7H2,(H2,15,17,18)/t9-,10?/m1/s1. The first-order valence-corrected chi connectivity index (χ1v) is 7.74. The van der Waals surface area contributed by atoms with Crippen molar-refractivity contribution in [2.45, 2.75) is 17.5 Å². The molecule has 6 nitrogen and oxygen atoms in total. The summed E-state index contributed by atoms with van der Waals surface area (Å²) in [6.07, 6.45) is 8.55. The number of aliphatic hydroxyl groups excluding tert-OH is 1. The van der Waals surface area contributed by atoms with Crippen LogP contribution in [-0.2, 0) is 0 Å². The molecule has 0 saturated carbocycles. The number of hydrogen-bond acceptors (Lipinski definition) is 6. The van der Waals surface area contributed by atoms with Crippen molar-refractivity contribution in [3.63, 3.8) is 0 Å². The Morgan fingerprint density at radius 3 is 3.05 bits per heavy atom. The summed E-state index contributed by atoms with van der Waals surface area (Å²) in [4.78, 5) is 13.0. The number of aromatic nitrogens is 4. The van der Waals surface area contributed by atoms with Gasteiger partial charge in [0.1, 0.15) is 10.5 Å². The van der Waals surface area contributed by atoms with Gasteiger partial charge in [-0.2, -0.15) is 4.98 Å². The number of fused-ring (bicyclic) bond motifs is 1. The first kappa shape index (κ1) is 14.1. The number of aliphatic hydroxyl groups is 1. The van der Waals surface area contributed by atoms with Crippen molar-refractivity contribution in [1.82, 2.24) is 19.5 Å². The number of allylic oxidation sites excluding steroid dienone is 1. The summed E-state index contributed by atoms with van der Waals surface area (Å²) in [6.45, 7) is 3.87. The average molecular weight is 303 g/mol. The highest BCUT2D eigenvalue weighted by atomic mass is 32.2. The van der Waals surface area contributed by atoms with Crippen LogP contribution < -0.4 is 5.73 Å². The van der Waals surface area contributed by atoms with E-state index in [1.54, 1.807) is 18.1 Å². The van der Waals surface area contributed by atoms with E-state index in [2.05, 4.69) is 27.6 Å². The number of anilines is 1. The fourth-order valence-electron chi connectivity index (χ4n) is 2.48. The van der Waals surface area contributed by atoms with Crippen LogP contribution in [0.1, 0.15) is 12.5 Å². The topological polar surface area (TPSA) is 89.9 Å². The number of nitrogen functional groups attached to an aromatic ring is 1. The van der Waals surface area contributed by atoms with Crippen molar-refractivity contribution in [2.24, 2.45) is 5.92 Å². The van der Waals surface area contributed by atoms with E-state index in [0.29, 0.717) is 0 Å². The van der Waals surface area contributed by atoms with Crippen molar-refractivity contribution in [2.75, 3.05) is 18.1 Å². The van der Waals surface area contributed by atoms with Gasteiger partial charge < -0.3 is 15.4 Å². The third kappa shape index (κ3) is 2.66. The van der Waals surface area contributed by atoms with E-state index < -0.39 is 0 Å². The molecule has 1 aliphatic rings. The fraction of sp³-hybridized carbons (Fsp3) is 0.357. The molecule has 0 aromatic carbocycles. The van der Waals surface area contributed by atoms with Gasteiger partial charge in [-0.15, -0.1) is 6.58 Å². The molecule has 0 radical (unpaired) electrons. The van der Waals surface area contributed by atoms with Crippen LogP contribution in [0.15, 0.2) is 36.2 Å². The lowest BCUT2D eigenvalue weighted by Gasteiger charge is -2.12. The summed E-state index contributed by atoms with van der Waals surface area (Å²) in [7, 11) is 0. The number of rotatable bonds is 5. The monoisotopic (exact) mass is 303 g/mol. The van der Waals surface area contributed by atoms with Crippen molar-refractivity contribution in [3.8, 4) is 0 Å². The molecule has 1 aliphatic carbocycles. The van der Waals surface area contributed by atoms with E-state index in [4.69, 9.17) is 5.73 Å². The molecule has 3 N–H and O–H groups in total. The van der Waals surface area contributed by atoms with Crippen LogP contribution in [-0.4, -0.2) is 37.0 Å². The average Bonchev–Trinajstić information content (AvgIpc) is 3.10. The van der Waals surface area contributed by atoms with Gasteiger partial charge >= 0.3 is 0 Å². The zero-order valence-corrected chi connectivity index (χ0v) is 12.3. The molecule has 0 bridgehead atoms.